The van der Waals surface area contributed by atoms with E-state index in [1.807, 2.05) is 0 Å². The van der Waals surface area contributed by atoms with Crippen LogP contribution in [0.25, 0.3) is 0 Å². The minimum absolute atomic E-state index is 0.628. The van der Waals surface area contributed by atoms with E-state index in [9.17, 15) is 0 Å². The maximum Gasteiger partial charge on any atom is 0.0507 e. The Balaban J connectivity index is 1.60. The summed E-state index contributed by atoms with van der Waals surface area (Å²) in [6.45, 7) is 11.5. The van der Waals surface area contributed by atoms with E-state index in [1.165, 1.54) is 45.4 Å². The number of ether oxygens (including phenoxy) is 1. The third-order valence-corrected chi connectivity index (χ3v) is 4.06. The summed E-state index contributed by atoms with van der Waals surface area (Å²) in [4.78, 5) is 2.64. The predicted molar refractivity (Wildman–Crippen MR) is 71.2 cm³/mol. The van der Waals surface area contributed by atoms with Crippen molar-refractivity contribution >= 4 is 0 Å². The van der Waals surface area contributed by atoms with Crippen LogP contribution in [0.2, 0.25) is 0 Å². The molecule has 2 aliphatic heterocycles. The Morgan fingerprint density at radius 2 is 1.94 bits per heavy atom. The van der Waals surface area contributed by atoms with Crippen molar-refractivity contribution in [2.75, 3.05) is 39.4 Å². The van der Waals surface area contributed by atoms with Gasteiger partial charge in [-0.2, -0.15) is 0 Å². The van der Waals surface area contributed by atoms with Gasteiger partial charge in [0.2, 0.25) is 0 Å². The second kappa shape index (κ2) is 6.72. The molecule has 3 heteroatoms. The van der Waals surface area contributed by atoms with E-state index < -0.39 is 0 Å². The summed E-state index contributed by atoms with van der Waals surface area (Å²) >= 11 is 0. The molecule has 0 aliphatic carbocycles. The van der Waals surface area contributed by atoms with E-state index in [4.69, 9.17) is 4.74 Å². The highest BCUT2D eigenvalue weighted by molar-refractivity contribution is 4.77. The Kier molecular flexibility index (Phi) is 5.26. The lowest BCUT2D eigenvalue weighted by atomic mass is 9.95. The molecule has 1 atom stereocenters. The molecule has 0 aromatic rings. The molecule has 2 heterocycles. The Morgan fingerprint density at radius 3 is 2.53 bits per heavy atom. The summed E-state index contributed by atoms with van der Waals surface area (Å²) < 4.78 is 5.45. The average Bonchev–Trinajstić information content (AvgIpc) is 2.81. The van der Waals surface area contributed by atoms with Crippen molar-refractivity contribution in [3.8, 4) is 0 Å². The zero-order valence-corrected chi connectivity index (χ0v) is 11.5. The third-order valence-electron chi connectivity index (χ3n) is 4.06. The van der Waals surface area contributed by atoms with Crippen LogP contribution in [0.1, 0.15) is 33.1 Å². The van der Waals surface area contributed by atoms with Crippen LogP contribution in [0.3, 0.4) is 0 Å². The van der Waals surface area contributed by atoms with Gasteiger partial charge in [-0.3, -0.25) is 0 Å². The van der Waals surface area contributed by atoms with Gasteiger partial charge >= 0.3 is 0 Å². The molecule has 1 N–H and O–H groups in total. The SMILES string of the molecule is CC(C)NCC1CCN(CC2CCOC2)CC1. The molecule has 2 saturated heterocycles. The smallest absolute Gasteiger partial charge is 0.0507 e. The van der Waals surface area contributed by atoms with Crippen LogP contribution in [0.15, 0.2) is 0 Å². The minimum atomic E-state index is 0.628. The van der Waals surface area contributed by atoms with Gasteiger partial charge in [0.15, 0.2) is 0 Å². The summed E-state index contributed by atoms with van der Waals surface area (Å²) in [7, 11) is 0. The fourth-order valence-electron chi connectivity index (χ4n) is 2.87. The first-order valence-corrected chi connectivity index (χ1v) is 7.27. The Bertz CT molecular complexity index is 206. The first-order valence-electron chi connectivity index (χ1n) is 7.27. The number of nitrogens with zero attached hydrogens (tertiary/aromatic N) is 1. The van der Waals surface area contributed by atoms with Gasteiger partial charge in [0.05, 0.1) is 6.61 Å². The number of rotatable bonds is 5. The van der Waals surface area contributed by atoms with Crippen LogP contribution in [0.5, 0.6) is 0 Å². The lowest BCUT2D eigenvalue weighted by Crippen LogP contribution is -2.40. The largest absolute Gasteiger partial charge is 0.381 e. The number of piperidine rings is 1. The highest BCUT2D eigenvalue weighted by atomic mass is 16.5. The van der Waals surface area contributed by atoms with E-state index in [1.54, 1.807) is 0 Å². The zero-order chi connectivity index (χ0) is 12.1. The number of nitrogens with one attached hydrogen (secondary N) is 1. The standard InChI is InChI=1S/C14H28N2O/c1-12(2)15-9-13-3-6-16(7-4-13)10-14-5-8-17-11-14/h12-15H,3-11H2,1-2H3. The van der Waals surface area contributed by atoms with Crippen molar-refractivity contribution < 1.29 is 4.74 Å². The molecule has 2 fully saturated rings. The molecule has 0 amide bonds. The molecule has 0 radical (unpaired) electrons. The molecule has 0 aromatic heterocycles. The first kappa shape index (κ1) is 13.3. The van der Waals surface area contributed by atoms with Crippen molar-refractivity contribution in [3.05, 3.63) is 0 Å². The molecule has 17 heavy (non-hydrogen) atoms. The number of hydrogen-bond donors (Lipinski definition) is 1. The Hall–Kier alpha value is -0.120. The van der Waals surface area contributed by atoms with Crippen LogP contribution in [-0.4, -0.2) is 50.3 Å². The third kappa shape index (κ3) is 4.57. The van der Waals surface area contributed by atoms with Gasteiger partial charge < -0.3 is 15.0 Å². The van der Waals surface area contributed by atoms with Crippen LogP contribution in [-0.2, 0) is 4.74 Å². The Labute approximate surface area is 106 Å². The van der Waals surface area contributed by atoms with Crippen molar-refractivity contribution in [2.24, 2.45) is 11.8 Å². The molecule has 2 rings (SSSR count). The fourth-order valence-corrected chi connectivity index (χ4v) is 2.87. The number of likely N-dealkylation sites (tertiary alicyclic amines) is 1. The summed E-state index contributed by atoms with van der Waals surface area (Å²) in [5, 5.41) is 3.56. The van der Waals surface area contributed by atoms with E-state index in [-0.39, 0.29) is 0 Å². The van der Waals surface area contributed by atoms with Gasteiger partial charge in [0.1, 0.15) is 0 Å². The highest BCUT2D eigenvalue weighted by Crippen LogP contribution is 2.20. The van der Waals surface area contributed by atoms with Gasteiger partial charge in [-0.05, 0) is 50.7 Å². The van der Waals surface area contributed by atoms with E-state index in [0.717, 1.165) is 25.0 Å². The fraction of sp³-hybridized carbons (Fsp3) is 1.00. The Morgan fingerprint density at radius 1 is 1.18 bits per heavy atom. The minimum Gasteiger partial charge on any atom is -0.381 e. The molecule has 0 saturated carbocycles. The maximum atomic E-state index is 5.45. The topological polar surface area (TPSA) is 24.5 Å². The van der Waals surface area contributed by atoms with Crippen LogP contribution >= 0.6 is 0 Å². The molecule has 3 nitrogen and oxygen atoms in total. The molecule has 1 unspecified atom stereocenters. The summed E-state index contributed by atoms with van der Waals surface area (Å²) in [6.07, 6.45) is 4.01. The predicted octanol–water partition coefficient (Wildman–Crippen LogP) is 1.73. The zero-order valence-electron chi connectivity index (χ0n) is 11.5. The van der Waals surface area contributed by atoms with Gasteiger partial charge in [-0.15, -0.1) is 0 Å². The van der Waals surface area contributed by atoms with Crippen molar-refractivity contribution in [3.63, 3.8) is 0 Å². The summed E-state index contributed by atoms with van der Waals surface area (Å²) in [5.41, 5.74) is 0. The molecular formula is C14H28N2O. The summed E-state index contributed by atoms with van der Waals surface area (Å²) in [5.74, 6) is 1.70. The van der Waals surface area contributed by atoms with E-state index >= 15 is 0 Å². The van der Waals surface area contributed by atoms with Gasteiger partial charge in [0.25, 0.3) is 0 Å². The van der Waals surface area contributed by atoms with E-state index in [2.05, 4.69) is 24.1 Å². The normalized spacial score (nSPS) is 28.1. The average molecular weight is 240 g/mol. The van der Waals surface area contributed by atoms with E-state index in [0.29, 0.717) is 6.04 Å². The van der Waals surface area contributed by atoms with Gasteiger partial charge in [-0.25, -0.2) is 0 Å². The highest BCUT2D eigenvalue weighted by Gasteiger charge is 2.23. The molecular weight excluding hydrogens is 212 g/mol. The maximum absolute atomic E-state index is 5.45. The first-order chi connectivity index (χ1) is 8.24. The summed E-state index contributed by atoms with van der Waals surface area (Å²) in [6, 6.07) is 0.628. The van der Waals surface area contributed by atoms with Crippen LogP contribution in [0, 0.1) is 11.8 Å². The lowest BCUT2D eigenvalue weighted by Gasteiger charge is -2.33. The molecule has 0 aromatic carbocycles. The van der Waals surface area contributed by atoms with Crippen LogP contribution in [0.4, 0.5) is 0 Å². The van der Waals surface area contributed by atoms with Gasteiger partial charge in [0, 0.05) is 19.2 Å². The molecule has 100 valence electrons. The number of hydrogen-bond acceptors (Lipinski definition) is 3. The molecule has 2 aliphatic rings. The van der Waals surface area contributed by atoms with Crippen molar-refractivity contribution in [1.29, 1.82) is 0 Å². The molecule has 0 bridgehead atoms. The van der Waals surface area contributed by atoms with Crippen LogP contribution < -0.4 is 5.32 Å². The second-order valence-electron chi connectivity index (χ2n) is 6.04. The lowest BCUT2D eigenvalue weighted by molar-refractivity contribution is 0.139. The van der Waals surface area contributed by atoms with Gasteiger partial charge in [-0.1, -0.05) is 13.8 Å². The quantitative estimate of drug-likeness (QED) is 0.792. The monoisotopic (exact) mass is 240 g/mol. The van der Waals surface area contributed by atoms with Crippen molar-refractivity contribution in [2.45, 2.75) is 39.2 Å². The van der Waals surface area contributed by atoms with Crippen molar-refractivity contribution in [1.82, 2.24) is 10.2 Å². The molecule has 0 spiro atoms. The second-order valence-corrected chi connectivity index (χ2v) is 6.04.